The van der Waals surface area contributed by atoms with Crippen molar-refractivity contribution < 1.29 is 9.90 Å². The van der Waals surface area contributed by atoms with Gasteiger partial charge in [0.25, 0.3) is 11.5 Å². The predicted molar refractivity (Wildman–Crippen MR) is 60.5 cm³/mol. The molecule has 1 aromatic heterocycles. The normalized spacial score (nSPS) is 7.62. The first-order valence-electron chi connectivity index (χ1n) is 4.41. The summed E-state index contributed by atoms with van der Waals surface area (Å²) < 4.78 is 0. The zero-order chi connectivity index (χ0) is 13.0. The van der Waals surface area contributed by atoms with Gasteiger partial charge in [-0.25, -0.2) is 4.98 Å². The van der Waals surface area contributed by atoms with Crippen LogP contribution < -0.4 is 11.3 Å². The molecule has 5 N–H and O–H groups in total. The highest BCUT2D eigenvalue weighted by Crippen LogP contribution is 1.85. The lowest BCUT2D eigenvalue weighted by molar-refractivity contribution is -0.134. The number of hydrogen-bond acceptors (Lipinski definition) is 4. The lowest BCUT2D eigenvalue weighted by Gasteiger charge is -1.88. The number of carboxylic acid groups (broad SMARTS) is 1. The first kappa shape index (κ1) is 16.3. The van der Waals surface area contributed by atoms with Crippen LogP contribution in [0.25, 0.3) is 0 Å². The van der Waals surface area contributed by atoms with Gasteiger partial charge in [-0.05, 0) is 6.42 Å². The van der Waals surface area contributed by atoms with E-state index in [0.29, 0.717) is 0 Å². The summed E-state index contributed by atoms with van der Waals surface area (Å²) in [5.41, 5.74) is 5.14. The Balaban J connectivity index is 0. The zero-order valence-electron chi connectivity index (χ0n) is 9.23. The van der Waals surface area contributed by atoms with Gasteiger partial charge in [0.1, 0.15) is 0 Å². The highest BCUT2D eigenvalue weighted by Gasteiger charge is 1.87. The number of aromatic nitrogens is 2. The Bertz CT molecular complexity index is 358. The van der Waals surface area contributed by atoms with E-state index in [2.05, 4.69) is 15.7 Å². The van der Waals surface area contributed by atoms with Crippen molar-refractivity contribution in [2.24, 2.45) is 5.73 Å². The van der Waals surface area contributed by atoms with Crippen molar-refractivity contribution in [1.29, 1.82) is 5.41 Å². The van der Waals surface area contributed by atoms with E-state index in [9.17, 15) is 4.79 Å². The number of aryl methyl sites for hydroxylation is 1. The van der Waals surface area contributed by atoms with Crippen LogP contribution in [0.4, 0.5) is 0 Å². The van der Waals surface area contributed by atoms with Gasteiger partial charge >= 0.3 is 0 Å². The highest BCUT2D eigenvalue weighted by molar-refractivity contribution is 5.62. The van der Waals surface area contributed by atoms with Gasteiger partial charge in [-0.1, -0.05) is 6.92 Å². The largest absolute Gasteiger partial charge is 0.481 e. The number of hydrogen-bond donors (Lipinski definition) is 4. The van der Waals surface area contributed by atoms with Crippen LogP contribution in [0.5, 0.6) is 0 Å². The molecule has 0 saturated carbocycles. The average molecular weight is 228 g/mol. The number of carboxylic acids is 1. The van der Waals surface area contributed by atoms with E-state index in [1.54, 1.807) is 0 Å². The van der Waals surface area contributed by atoms with Crippen molar-refractivity contribution in [3.05, 3.63) is 28.4 Å². The van der Waals surface area contributed by atoms with Gasteiger partial charge in [0.2, 0.25) is 0 Å². The number of nitrogens with two attached hydrogens (primary N) is 1. The number of nitrogens with one attached hydrogen (secondary N) is 2. The number of nitrogens with zero attached hydrogens (tertiary/aromatic N) is 1. The average Bonchev–Trinajstić information content (AvgIpc) is 2.18. The van der Waals surface area contributed by atoms with Crippen molar-refractivity contribution in [2.75, 3.05) is 0 Å². The fourth-order valence-electron chi connectivity index (χ4n) is 0.602. The fraction of sp³-hybridized carbons (Fsp3) is 0.333. The van der Waals surface area contributed by atoms with Crippen LogP contribution >= 0.6 is 0 Å². The summed E-state index contributed by atoms with van der Waals surface area (Å²) in [5.74, 6) is -0.833. The first-order valence-corrected chi connectivity index (χ1v) is 4.41. The maximum atomic E-state index is 10.6. The molecule has 1 heterocycles. The minimum atomic E-state index is -0.833. The molecule has 90 valence electrons. The number of rotatable bonds is 1. The van der Waals surface area contributed by atoms with E-state index in [-0.39, 0.29) is 5.56 Å². The van der Waals surface area contributed by atoms with E-state index >= 15 is 0 Å². The third kappa shape index (κ3) is 14.3. The van der Waals surface area contributed by atoms with Crippen molar-refractivity contribution >= 4 is 12.3 Å². The Morgan fingerprint density at radius 1 is 1.75 bits per heavy atom. The summed E-state index contributed by atoms with van der Waals surface area (Å²) in [6.07, 6.45) is 2.98. The van der Waals surface area contributed by atoms with E-state index in [0.717, 1.165) is 25.4 Å². The van der Waals surface area contributed by atoms with E-state index < -0.39 is 5.97 Å². The molecule has 0 aliphatic carbocycles. The number of aliphatic carboxylic acids is 1. The number of carbonyl (C=O) groups is 1. The van der Waals surface area contributed by atoms with Crippen molar-refractivity contribution in [3.63, 3.8) is 0 Å². The zero-order valence-corrected chi connectivity index (χ0v) is 9.23. The fourth-order valence-corrected chi connectivity index (χ4v) is 0.602. The molecule has 1 rings (SSSR count). The second-order valence-electron chi connectivity index (χ2n) is 2.44. The second kappa shape index (κ2) is 10.9. The molecule has 0 bridgehead atoms. The molecule has 16 heavy (non-hydrogen) atoms. The van der Waals surface area contributed by atoms with E-state index in [1.807, 2.05) is 6.92 Å². The van der Waals surface area contributed by atoms with Crippen LogP contribution in [-0.2, 0) is 11.2 Å². The molecule has 7 heteroatoms. The van der Waals surface area contributed by atoms with Crippen LogP contribution in [0.15, 0.2) is 17.2 Å². The van der Waals surface area contributed by atoms with Crippen LogP contribution in [0.1, 0.15) is 19.5 Å². The summed E-state index contributed by atoms with van der Waals surface area (Å²) in [6, 6.07) is 1.50. The molecule has 0 fully saturated rings. The van der Waals surface area contributed by atoms with Crippen LogP contribution in [0, 0.1) is 5.41 Å². The Morgan fingerprint density at radius 3 is 2.44 bits per heavy atom. The van der Waals surface area contributed by atoms with Crippen LogP contribution in [0.2, 0.25) is 0 Å². The predicted octanol–water partition coefficient (Wildman–Crippen LogP) is -0.0246. The summed E-state index contributed by atoms with van der Waals surface area (Å²) in [4.78, 5) is 25.9. The summed E-state index contributed by atoms with van der Waals surface area (Å²) >= 11 is 0. The van der Waals surface area contributed by atoms with Gasteiger partial charge in [-0.15, -0.1) is 0 Å². The molecule has 0 atom stereocenters. The second-order valence-corrected chi connectivity index (χ2v) is 2.44. The van der Waals surface area contributed by atoms with Crippen LogP contribution in [-0.4, -0.2) is 27.4 Å². The third-order valence-corrected chi connectivity index (χ3v) is 1.10. The van der Waals surface area contributed by atoms with Gasteiger partial charge in [-0.2, -0.15) is 0 Å². The molecular formula is C9H16N4O3. The van der Waals surface area contributed by atoms with Gasteiger partial charge in [0, 0.05) is 18.7 Å². The molecule has 7 nitrogen and oxygen atoms in total. The SMILES string of the molecule is CC(=O)O.CCc1cc(=O)[nH]cn1.N=CN. The quantitative estimate of drug-likeness (QED) is 0.396. The summed E-state index contributed by atoms with van der Waals surface area (Å²) in [7, 11) is 0. The Labute approximate surface area is 92.8 Å². The molecule has 0 spiro atoms. The maximum Gasteiger partial charge on any atom is 0.300 e. The first-order chi connectivity index (χ1) is 7.47. The third-order valence-electron chi connectivity index (χ3n) is 1.10. The highest BCUT2D eigenvalue weighted by atomic mass is 16.4. The van der Waals surface area contributed by atoms with Crippen molar-refractivity contribution in [1.82, 2.24) is 9.97 Å². The summed E-state index contributed by atoms with van der Waals surface area (Å²) in [6.45, 7) is 3.04. The van der Waals surface area contributed by atoms with Crippen molar-refractivity contribution in [2.45, 2.75) is 20.3 Å². The Kier molecular flexibility index (Phi) is 11.1. The van der Waals surface area contributed by atoms with Gasteiger partial charge in [0.05, 0.1) is 12.7 Å². The standard InChI is InChI=1S/C6H8N2O.C2H4O2.CH4N2/c1-2-5-3-6(9)8-4-7-5;1-2(3)4;2-1-3/h3-4H,2H2,1H3,(H,7,8,9);1H3,(H,3,4);1H,(H3,2,3). The van der Waals surface area contributed by atoms with Gasteiger partial charge < -0.3 is 15.8 Å². The molecule has 0 aliphatic rings. The van der Waals surface area contributed by atoms with Crippen LogP contribution in [0.3, 0.4) is 0 Å². The molecule has 0 unspecified atom stereocenters. The molecule has 0 aliphatic heterocycles. The molecule has 0 aromatic carbocycles. The minimum absolute atomic E-state index is 0.0816. The lowest BCUT2D eigenvalue weighted by atomic mass is 10.3. The Morgan fingerprint density at radius 2 is 2.19 bits per heavy atom. The minimum Gasteiger partial charge on any atom is -0.481 e. The van der Waals surface area contributed by atoms with E-state index in [4.69, 9.17) is 15.3 Å². The maximum absolute atomic E-state index is 10.6. The number of aromatic amines is 1. The summed E-state index contributed by atoms with van der Waals surface area (Å²) in [5, 5.41) is 13.3. The number of H-pyrrole nitrogens is 1. The Hall–Kier alpha value is -2.18. The monoisotopic (exact) mass is 228 g/mol. The molecule has 0 radical (unpaired) electrons. The lowest BCUT2D eigenvalue weighted by Crippen LogP contribution is -2.05. The smallest absolute Gasteiger partial charge is 0.300 e. The molecule has 0 amide bonds. The van der Waals surface area contributed by atoms with Crippen molar-refractivity contribution in [3.8, 4) is 0 Å². The van der Waals surface area contributed by atoms with Gasteiger partial charge in [0.15, 0.2) is 0 Å². The molecular weight excluding hydrogens is 212 g/mol. The molecule has 0 saturated heterocycles. The molecule has 1 aromatic rings. The topological polar surface area (TPSA) is 133 Å². The van der Waals surface area contributed by atoms with Gasteiger partial charge in [-0.3, -0.25) is 15.0 Å². The van der Waals surface area contributed by atoms with E-state index in [1.165, 1.54) is 12.4 Å².